The highest BCUT2D eigenvalue weighted by molar-refractivity contribution is 8.01. The Morgan fingerprint density at radius 3 is 2.62 bits per heavy atom. The monoisotopic (exact) mass is 382 g/mol. The summed E-state index contributed by atoms with van der Waals surface area (Å²) in [6, 6.07) is -1.80. The molecule has 3 aliphatic heterocycles. The van der Waals surface area contributed by atoms with Crippen molar-refractivity contribution in [2.45, 2.75) is 61.7 Å². The Bertz CT molecular complexity index is 628. The van der Waals surface area contributed by atoms with E-state index in [9.17, 15) is 19.2 Å². The number of nitrogens with zero attached hydrogens (tertiary/aromatic N) is 2. The summed E-state index contributed by atoms with van der Waals surface area (Å²) in [5.74, 6) is -0.794. The predicted octanol–water partition coefficient (Wildman–Crippen LogP) is -0.667. The van der Waals surface area contributed by atoms with Gasteiger partial charge in [0.05, 0.1) is 5.25 Å². The van der Waals surface area contributed by atoms with E-state index in [1.807, 2.05) is 6.92 Å². The van der Waals surface area contributed by atoms with Gasteiger partial charge in [-0.25, -0.2) is 0 Å². The molecule has 0 aromatic carbocycles. The minimum absolute atomic E-state index is 0.0172. The van der Waals surface area contributed by atoms with Crippen LogP contribution in [0.3, 0.4) is 0 Å². The Kier molecular flexibility index (Phi) is 5.45. The van der Waals surface area contributed by atoms with Crippen molar-refractivity contribution in [3.63, 3.8) is 0 Å². The first-order valence-corrected chi connectivity index (χ1v) is 10.1. The van der Waals surface area contributed by atoms with Crippen LogP contribution in [0.15, 0.2) is 0 Å². The average molecular weight is 382 g/mol. The van der Waals surface area contributed by atoms with E-state index in [0.717, 1.165) is 6.42 Å². The molecule has 4 amide bonds. The number of carbonyl (C=O) groups is 4. The average Bonchev–Trinajstić information content (AvgIpc) is 3.25. The highest BCUT2D eigenvalue weighted by Gasteiger charge is 2.44. The molecule has 0 saturated carbocycles. The van der Waals surface area contributed by atoms with Gasteiger partial charge in [0.15, 0.2) is 0 Å². The van der Waals surface area contributed by atoms with Crippen molar-refractivity contribution in [1.82, 2.24) is 20.4 Å². The van der Waals surface area contributed by atoms with Crippen LogP contribution in [0.4, 0.5) is 0 Å². The van der Waals surface area contributed by atoms with E-state index in [1.165, 1.54) is 11.8 Å². The SMILES string of the molecule is CNC(=O)[C@@H]1C[C@H]2CN1C(=O)[C@@H](C)NC(=O)[C@@H]1CCCN1C(=O)[C@@H](C)S2. The largest absolute Gasteiger partial charge is 0.357 e. The lowest BCUT2D eigenvalue weighted by Crippen LogP contribution is -2.56. The molecule has 0 radical (unpaired) electrons. The first-order valence-electron chi connectivity index (χ1n) is 9.12. The summed E-state index contributed by atoms with van der Waals surface area (Å²) in [7, 11) is 1.55. The highest BCUT2D eigenvalue weighted by Crippen LogP contribution is 2.33. The Morgan fingerprint density at radius 1 is 1.19 bits per heavy atom. The predicted molar refractivity (Wildman–Crippen MR) is 97.4 cm³/mol. The summed E-state index contributed by atoms with van der Waals surface area (Å²) >= 11 is 1.50. The molecule has 9 heteroatoms. The van der Waals surface area contributed by atoms with Gasteiger partial charge >= 0.3 is 0 Å². The fourth-order valence-corrected chi connectivity index (χ4v) is 5.43. The van der Waals surface area contributed by atoms with Crippen LogP contribution in [0.2, 0.25) is 0 Å². The number of hydrogen-bond donors (Lipinski definition) is 2. The van der Waals surface area contributed by atoms with Gasteiger partial charge in [0.25, 0.3) is 0 Å². The number of fused-ring (bicyclic) bond motifs is 3. The smallest absolute Gasteiger partial charge is 0.245 e. The van der Waals surface area contributed by atoms with Crippen LogP contribution in [-0.4, -0.2) is 82.2 Å². The molecule has 8 nitrogen and oxygen atoms in total. The van der Waals surface area contributed by atoms with E-state index in [-0.39, 0.29) is 34.1 Å². The van der Waals surface area contributed by atoms with Gasteiger partial charge in [0, 0.05) is 25.4 Å². The van der Waals surface area contributed by atoms with E-state index in [1.54, 1.807) is 23.8 Å². The minimum atomic E-state index is -0.729. The quantitative estimate of drug-likeness (QED) is 0.627. The molecule has 2 N–H and O–H groups in total. The highest BCUT2D eigenvalue weighted by atomic mass is 32.2. The molecule has 144 valence electrons. The maximum atomic E-state index is 12.9. The maximum absolute atomic E-state index is 12.9. The number of carbonyl (C=O) groups excluding carboxylic acids is 4. The number of rotatable bonds is 1. The fraction of sp³-hybridized carbons (Fsp3) is 0.765. The zero-order valence-electron chi connectivity index (χ0n) is 15.4. The van der Waals surface area contributed by atoms with E-state index >= 15 is 0 Å². The molecule has 2 bridgehead atoms. The van der Waals surface area contributed by atoms with Crippen molar-refractivity contribution in [2.24, 2.45) is 0 Å². The van der Waals surface area contributed by atoms with Crippen LogP contribution in [0.5, 0.6) is 0 Å². The molecule has 26 heavy (non-hydrogen) atoms. The second-order valence-electron chi connectivity index (χ2n) is 7.18. The molecule has 3 rings (SSSR count). The number of likely N-dealkylation sites (N-methyl/N-ethyl adjacent to an activating group) is 1. The van der Waals surface area contributed by atoms with Gasteiger partial charge in [-0.05, 0) is 33.1 Å². The maximum Gasteiger partial charge on any atom is 0.245 e. The van der Waals surface area contributed by atoms with Crippen LogP contribution in [0, 0.1) is 0 Å². The Morgan fingerprint density at radius 2 is 1.92 bits per heavy atom. The van der Waals surface area contributed by atoms with Gasteiger partial charge in [-0.1, -0.05) is 0 Å². The molecular formula is C17H26N4O4S. The summed E-state index contributed by atoms with van der Waals surface area (Å²) in [6.45, 7) is 4.45. The molecule has 0 aromatic rings. The first-order chi connectivity index (χ1) is 12.3. The zero-order valence-corrected chi connectivity index (χ0v) is 16.2. The van der Waals surface area contributed by atoms with Gasteiger partial charge in [0.2, 0.25) is 23.6 Å². The summed E-state index contributed by atoms with van der Waals surface area (Å²) < 4.78 is 0. The minimum Gasteiger partial charge on any atom is -0.357 e. The van der Waals surface area contributed by atoms with E-state index in [4.69, 9.17) is 0 Å². The van der Waals surface area contributed by atoms with Gasteiger partial charge in [0.1, 0.15) is 18.1 Å². The Balaban J connectivity index is 1.90. The van der Waals surface area contributed by atoms with Crippen molar-refractivity contribution in [3.8, 4) is 0 Å². The van der Waals surface area contributed by atoms with E-state index in [0.29, 0.717) is 25.9 Å². The first kappa shape index (κ1) is 19.0. The molecule has 3 heterocycles. The number of hydrogen-bond acceptors (Lipinski definition) is 5. The second-order valence-corrected chi connectivity index (χ2v) is 8.82. The van der Waals surface area contributed by atoms with E-state index in [2.05, 4.69) is 10.6 Å². The van der Waals surface area contributed by atoms with Crippen molar-refractivity contribution < 1.29 is 19.2 Å². The topological polar surface area (TPSA) is 98.8 Å². The summed E-state index contributed by atoms with van der Waals surface area (Å²) in [5, 5.41) is 5.06. The summed E-state index contributed by atoms with van der Waals surface area (Å²) in [4.78, 5) is 53.8. The van der Waals surface area contributed by atoms with Crippen LogP contribution in [-0.2, 0) is 19.2 Å². The molecule has 0 aromatic heterocycles. The normalized spacial score (nSPS) is 35.5. The van der Waals surface area contributed by atoms with Crippen molar-refractivity contribution in [2.75, 3.05) is 20.1 Å². The molecule has 0 spiro atoms. The lowest BCUT2D eigenvalue weighted by molar-refractivity contribution is -0.142. The number of nitrogens with one attached hydrogen (secondary N) is 2. The van der Waals surface area contributed by atoms with Crippen LogP contribution >= 0.6 is 11.8 Å². The third-order valence-corrected chi connectivity index (χ3v) is 6.74. The second kappa shape index (κ2) is 7.46. The number of amides is 4. The summed E-state index contributed by atoms with van der Waals surface area (Å²) in [5.41, 5.74) is 0. The molecule has 0 aliphatic carbocycles. The summed E-state index contributed by atoms with van der Waals surface area (Å²) in [6.07, 6.45) is 1.92. The fourth-order valence-electron chi connectivity index (χ4n) is 4.06. The van der Waals surface area contributed by atoms with Gasteiger partial charge in [-0.15, -0.1) is 11.8 Å². The lowest BCUT2D eigenvalue weighted by atomic mass is 10.1. The molecule has 3 fully saturated rings. The Hall–Kier alpha value is -1.77. The van der Waals surface area contributed by atoms with Gasteiger partial charge in [-0.3, -0.25) is 19.2 Å². The lowest BCUT2D eigenvalue weighted by Gasteiger charge is -2.31. The third kappa shape index (κ3) is 3.41. The molecule has 0 unspecified atom stereocenters. The third-order valence-electron chi connectivity index (χ3n) is 5.41. The zero-order chi connectivity index (χ0) is 19.0. The van der Waals surface area contributed by atoms with Crippen LogP contribution in [0.25, 0.3) is 0 Å². The Labute approximate surface area is 157 Å². The van der Waals surface area contributed by atoms with Gasteiger partial charge < -0.3 is 20.4 Å². The van der Waals surface area contributed by atoms with Gasteiger partial charge in [-0.2, -0.15) is 0 Å². The van der Waals surface area contributed by atoms with Crippen LogP contribution in [0.1, 0.15) is 33.1 Å². The molecule has 3 aliphatic rings. The van der Waals surface area contributed by atoms with Crippen molar-refractivity contribution in [1.29, 1.82) is 0 Å². The molecule has 3 saturated heterocycles. The standard InChI is InChI=1S/C17H26N4O4S/c1-9-16(24)21-8-11(7-13(21)14(22)18-3)26-10(2)17(25)20-6-4-5-12(20)15(23)19-9/h9-13H,4-8H2,1-3H3,(H,18,22)(H,19,23)/t9-,10-,11+,12+,13+/m1/s1. The number of thioether (sulfide) groups is 1. The molecule has 5 atom stereocenters. The van der Waals surface area contributed by atoms with Crippen LogP contribution < -0.4 is 10.6 Å². The van der Waals surface area contributed by atoms with Crippen molar-refractivity contribution in [3.05, 3.63) is 0 Å². The van der Waals surface area contributed by atoms with E-state index < -0.39 is 18.1 Å². The molecular weight excluding hydrogens is 356 g/mol. The van der Waals surface area contributed by atoms with Crippen molar-refractivity contribution >= 4 is 35.4 Å².